The maximum Gasteiger partial charge on any atom is 0.127 e. The highest BCUT2D eigenvalue weighted by atomic mass is 19.1. The molecule has 0 saturated heterocycles. The van der Waals surface area contributed by atoms with E-state index in [4.69, 9.17) is 4.74 Å². The molecule has 0 heterocycles. The maximum absolute atomic E-state index is 13.6. The van der Waals surface area contributed by atoms with Crippen molar-refractivity contribution in [2.24, 2.45) is 0 Å². The van der Waals surface area contributed by atoms with Crippen LogP contribution >= 0.6 is 0 Å². The Morgan fingerprint density at radius 3 is 2.40 bits per heavy atom. The summed E-state index contributed by atoms with van der Waals surface area (Å²) >= 11 is 0. The summed E-state index contributed by atoms with van der Waals surface area (Å²) in [6.45, 7) is 3.33. The first kappa shape index (κ1) is 14.5. The highest BCUT2D eigenvalue weighted by Crippen LogP contribution is 2.24. The van der Waals surface area contributed by atoms with Crippen LogP contribution < -0.4 is 10.1 Å². The SMILES string of the molecule is CCCOc1ccc(-c2ccc(F)c(CNC)c2)cc1. The molecule has 2 rings (SSSR count). The first-order valence-corrected chi connectivity index (χ1v) is 6.91. The lowest BCUT2D eigenvalue weighted by Gasteiger charge is -2.08. The zero-order valence-corrected chi connectivity index (χ0v) is 11.9. The van der Waals surface area contributed by atoms with Crippen LogP contribution in [0.2, 0.25) is 0 Å². The van der Waals surface area contributed by atoms with Crippen molar-refractivity contribution < 1.29 is 9.13 Å². The number of ether oxygens (including phenoxy) is 1. The van der Waals surface area contributed by atoms with Gasteiger partial charge in [0, 0.05) is 12.1 Å². The van der Waals surface area contributed by atoms with E-state index in [1.54, 1.807) is 6.07 Å². The van der Waals surface area contributed by atoms with Gasteiger partial charge in [-0.3, -0.25) is 0 Å². The molecule has 0 spiro atoms. The van der Waals surface area contributed by atoms with Crippen molar-refractivity contribution in [1.82, 2.24) is 5.32 Å². The number of halogens is 1. The lowest BCUT2D eigenvalue weighted by Crippen LogP contribution is -2.07. The molecule has 0 atom stereocenters. The van der Waals surface area contributed by atoms with E-state index in [0.717, 1.165) is 29.9 Å². The lowest BCUT2D eigenvalue weighted by atomic mass is 10.0. The maximum atomic E-state index is 13.6. The number of nitrogens with one attached hydrogen (secondary N) is 1. The minimum absolute atomic E-state index is 0.175. The van der Waals surface area contributed by atoms with Gasteiger partial charge in [0.25, 0.3) is 0 Å². The monoisotopic (exact) mass is 273 g/mol. The number of hydrogen-bond donors (Lipinski definition) is 1. The van der Waals surface area contributed by atoms with Crippen LogP contribution in [0.5, 0.6) is 5.75 Å². The highest BCUT2D eigenvalue weighted by molar-refractivity contribution is 5.65. The Bertz CT molecular complexity index is 551. The smallest absolute Gasteiger partial charge is 0.127 e. The summed E-state index contributed by atoms with van der Waals surface area (Å²) in [5.41, 5.74) is 2.75. The van der Waals surface area contributed by atoms with E-state index in [9.17, 15) is 4.39 Å². The van der Waals surface area contributed by atoms with Crippen LogP contribution in [0.1, 0.15) is 18.9 Å². The molecular weight excluding hydrogens is 253 g/mol. The third-order valence-corrected chi connectivity index (χ3v) is 3.07. The van der Waals surface area contributed by atoms with Crippen molar-refractivity contribution in [3.8, 4) is 16.9 Å². The molecular formula is C17H20FNO. The fourth-order valence-corrected chi connectivity index (χ4v) is 2.04. The Morgan fingerprint density at radius 2 is 1.75 bits per heavy atom. The van der Waals surface area contributed by atoms with Gasteiger partial charge in [0.15, 0.2) is 0 Å². The summed E-state index contributed by atoms with van der Waals surface area (Å²) in [6.07, 6.45) is 0.993. The van der Waals surface area contributed by atoms with E-state index in [2.05, 4.69) is 12.2 Å². The van der Waals surface area contributed by atoms with Crippen LogP contribution in [0, 0.1) is 5.82 Å². The van der Waals surface area contributed by atoms with Crippen LogP contribution in [-0.2, 0) is 6.54 Å². The van der Waals surface area contributed by atoms with E-state index < -0.39 is 0 Å². The third-order valence-electron chi connectivity index (χ3n) is 3.07. The molecule has 3 heteroatoms. The van der Waals surface area contributed by atoms with Crippen LogP contribution in [-0.4, -0.2) is 13.7 Å². The summed E-state index contributed by atoms with van der Waals surface area (Å²) in [6, 6.07) is 13.1. The predicted octanol–water partition coefficient (Wildman–Crippen LogP) is 4.00. The summed E-state index contributed by atoms with van der Waals surface area (Å²) in [7, 11) is 1.81. The molecule has 1 N–H and O–H groups in total. The third kappa shape index (κ3) is 3.58. The van der Waals surface area contributed by atoms with Crippen molar-refractivity contribution in [3.63, 3.8) is 0 Å². The van der Waals surface area contributed by atoms with Crippen LogP contribution in [0.15, 0.2) is 42.5 Å². The second kappa shape index (κ2) is 7.06. The predicted molar refractivity (Wildman–Crippen MR) is 80.4 cm³/mol. The first-order chi connectivity index (χ1) is 9.74. The van der Waals surface area contributed by atoms with Gasteiger partial charge in [0.1, 0.15) is 11.6 Å². The molecule has 0 aliphatic rings. The number of rotatable bonds is 6. The molecule has 0 aliphatic carbocycles. The summed E-state index contributed by atoms with van der Waals surface area (Å²) in [5, 5.41) is 2.98. The topological polar surface area (TPSA) is 21.3 Å². The molecule has 0 unspecified atom stereocenters. The van der Waals surface area contributed by atoms with E-state index in [1.165, 1.54) is 6.07 Å². The average Bonchev–Trinajstić information content (AvgIpc) is 2.48. The van der Waals surface area contributed by atoms with E-state index in [1.807, 2.05) is 37.4 Å². The standard InChI is InChI=1S/C17H20FNO/c1-3-10-20-16-7-4-13(5-8-16)14-6-9-17(18)15(11-14)12-19-2/h4-9,11,19H,3,10,12H2,1-2H3. The Hall–Kier alpha value is -1.87. The molecule has 2 aromatic carbocycles. The van der Waals surface area contributed by atoms with E-state index >= 15 is 0 Å². The van der Waals surface area contributed by atoms with Crippen molar-refractivity contribution in [2.75, 3.05) is 13.7 Å². The van der Waals surface area contributed by atoms with E-state index in [-0.39, 0.29) is 5.82 Å². The quantitative estimate of drug-likeness (QED) is 0.859. The van der Waals surface area contributed by atoms with Crippen LogP contribution in [0.3, 0.4) is 0 Å². The zero-order valence-electron chi connectivity index (χ0n) is 11.9. The second-order valence-electron chi connectivity index (χ2n) is 4.71. The van der Waals surface area contributed by atoms with Gasteiger partial charge in [-0.05, 0) is 48.9 Å². The Labute approximate surface area is 119 Å². The van der Waals surface area contributed by atoms with Crippen molar-refractivity contribution in [2.45, 2.75) is 19.9 Å². The fraction of sp³-hybridized carbons (Fsp3) is 0.294. The van der Waals surface area contributed by atoms with Crippen molar-refractivity contribution >= 4 is 0 Å². The summed E-state index contributed by atoms with van der Waals surface area (Å²) < 4.78 is 19.2. The van der Waals surface area contributed by atoms with Crippen LogP contribution in [0.4, 0.5) is 4.39 Å². The van der Waals surface area contributed by atoms with Gasteiger partial charge in [-0.25, -0.2) is 4.39 Å². The Balaban J connectivity index is 2.20. The summed E-state index contributed by atoms with van der Waals surface area (Å²) in [5.74, 6) is 0.694. The number of hydrogen-bond acceptors (Lipinski definition) is 2. The van der Waals surface area contributed by atoms with Gasteiger partial charge < -0.3 is 10.1 Å². The zero-order chi connectivity index (χ0) is 14.4. The highest BCUT2D eigenvalue weighted by Gasteiger charge is 2.05. The molecule has 0 saturated carbocycles. The van der Waals surface area contributed by atoms with E-state index in [0.29, 0.717) is 12.1 Å². The minimum Gasteiger partial charge on any atom is -0.494 e. The van der Waals surface area contributed by atoms with Gasteiger partial charge >= 0.3 is 0 Å². The first-order valence-electron chi connectivity index (χ1n) is 6.91. The molecule has 0 aromatic heterocycles. The molecule has 0 radical (unpaired) electrons. The van der Waals surface area contributed by atoms with Gasteiger partial charge in [-0.2, -0.15) is 0 Å². The molecule has 106 valence electrons. The molecule has 0 bridgehead atoms. The fourth-order valence-electron chi connectivity index (χ4n) is 2.04. The molecule has 0 aliphatic heterocycles. The average molecular weight is 273 g/mol. The second-order valence-corrected chi connectivity index (χ2v) is 4.71. The Morgan fingerprint density at radius 1 is 1.05 bits per heavy atom. The lowest BCUT2D eigenvalue weighted by molar-refractivity contribution is 0.317. The molecule has 2 aromatic rings. The molecule has 0 fully saturated rings. The summed E-state index contributed by atoms with van der Waals surface area (Å²) in [4.78, 5) is 0. The largest absolute Gasteiger partial charge is 0.494 e. The Kier molecular flexibility index (Phi) is 5.13. The van der Waals surface area contributed by atoms with Gasteiger partial charge in [0.05, 0.1) is 6.61 Å². The normalized spacial score (nSPS) is 10.6. The molecule has 0 amide bonds. The molecule has 2 nitrogen and oxygen atoms in total. The van der Waals surface area contributed by atoms with Crippen molar-refractivity contribution in [3.05, 3.63) is 53.8 Å². The van der Waals surface area contributed by atoms with Gasteiger partial charge in [0.2, 0.25) is 0 Å². The van der Waals surface area contributed by atoms with Gasteiger partial charge in [-0.15, -0.1) is 0 Å². The number of benzene rings is 2. The minimum atomic E-state index is -0.175. The van der Waals surface area contributed by atoms with Gasteiger partial charge in [-0.1, -0.05) is 25.1 Å². The molecule has 20 heavy (non-hydrogen) atoms. The van der Waals surface area contributed by atoms with Crippen LogP contribution in [0.25, 0.3) is 11.1 Å². The van der Waals surface area contributed by atoms with Crippen molar-refractivity contribution in [1.29, 1.82) is 0 Å².